The molecular weight excluding hydrogens is 204 g/mol. The molecule has 1 fully saturated rings. The molecule has 0 aromatic heterocycles. The number of carbonyl (C=O) groups is 1. The molecule has 0 unspecified atom stereocenters. The standard InChI is InChI=1S/C12H16N2O2/c13-10-11(9-5-2-1-3-6-9)14-7-4-8-16-12(10)15/h1-3,5-6,10-11,14H,4,7-8,13H2/t10-,11+/m1/s1. The highest BCUT2D eigenvalue weighted by Gasteiger charge is 2.28. The van der Waals surface area contributed by atoms with Crippen molar-refractivity contribution in [3.63, 3.8) is 0 Å². The van der Waals surface area contributed by atoms with E-state index in [4.69, 9.17) is 10.5 Å². The van der Waals surface area contributed by atoms with E-state index in [-0.39, 0.29) is 12.0 Å². The number of hydrogen-bond donors (Lipinski definition) is 2. The fraction of sp³-hybridized carbons (Fsp3) is 0.417. The van der Waals surface area contributed by atoms with Crippen LogP contribution in [0.4, 0.5) is 0 Å². The summed E-state index contributed by atoms with van der Waals surface area (Å²) in [5.41, 5.74) is 6.91. The van der Waals surface area contributed by atoms with Gasteiger partial charge in [0.25, 0.3) is 0 Å². The summed E-state index contributed by atoms with van der Waals surface area (Å²) < 4.78 is 5.04. The molecule has 4 nitrogen and oxygen atoms in total. The van der Waals surface area contributed by atoms with Crippen LogP contribution in [0, 0.1) is 0 Å². The number of esters is 1. The number of hydrogen-bond acceptors (Lipinski definition) is 4. The van der Waals surface area contributed by atoms with Crippen LogP contribution in [0.5, 0.6) is 0 Å². The number of carbonyl (C=O) groups excluding carboxylic acids is 1. The van der Waals surface area contributed by atoms with Crippen LogP contribution in [0.2, 0.25) is 0 Å². The van der Waals surface area contributed by atoms with Gasteiger partial charge in [0.15, 0.2) is 0 Å². The minimum Gasteiger partial charge on any atom is -0.464 e. The van der Waals surface area contributed by atoms with Crippen molar-refractivity contribution in [1.29, 1.82) is 0 Å². The van der Waals surface area contributed by atoms with E-state index in [0.717, 1.165) is 18.5 Å². The zero-order chi connectivity index (χ0) is 11.4. The number of benzene rings is 1. The molecule has 0 spiro atoms. The molecule has 0 amide bonds. The fourth-order valence-electron chi connectivity index (χ4n) is 1.85. The summed E-state index contributed by atoms with van der Waals surface area (Å²) in [7, 11) is 0. The van der Waals surface area contributed by atoms with E-state index < -0.39 is 6.04 Å². The average Bonchev–Trinajstić information content (AvgIpc) is 2.32. The molecule has 1 aromatic carbocycles. The normalized spacial score (nSPS) is 26.7. The lowest BCUT2D eigenvalue weighted by Crippen LogP contribution is -2.46. The Morgan fingerprint density at radius 3 is 2.81 bits per heavy atom. The lowest BCUT2D eigenvalue weighted by atomic mass is 9.99. The van der Waals surface area contributed by atoms with Crippen LogP contribution >= 0.6 is 0 Å². The molecule has 1 saturated heterocycles. The summed E-state index contributed by atoms with van der Waals surface area (Å²) in [6.07, 6.45) is 0.821. The van der Waals surface area contributed by atoms with Crippen molar-refractivity contribution in [3.05, 3.63) is 35.9 Å². The van der Waals surface area contributed by atoms with Gasteiger partial charge >= 0.3 is 5.97 Å². The van der Waals surface area contributed by atoms with E-state index in [1.54, 1.807) is 0 Å². The maximum absolute atomic E-state index is 11.6. The molecule has 1 aliphatic rings. The van der Waals surface area contributed by atoms with Gasteiger partial charge in [0.05, 0.1) is 12.6 Å². The highest BCUT2D eigenvalue weighted by atomic mass is 16.5. The summed E-state index contributed by atoms with van der Waals surface area (Å²) in [5.74, 6) is -0.332. The third-order valence-electron chi connectivity index (χ3n) is 2.72. The molecule has 0 aliphatic carbocycles. The SMILES string of the molecule is N[C@H]1C(=O)OCCCN[C@H]1c1ccccc1. The first-order valence-electron chi connectivity index (χ1n) is 5.49. The molecule has 0 radical (unpaired) electrons. The molecule has 1 aliphatic heterocycles. The third-order valence-corrected chi connectivity index (χ3v) is 2.72. The van der Waals surface area contributed by atoms with Crippen LogP contribution in [0.1, 0.15) is 18.0 Å². The van der Waals surface area contributed by atoms with Gasteiger partial charge in [-0.3, -0.25) is 4.79 Å². The second kappa shape index (κ2) is 5.09. The quantitative estimate of drug-likeness (QED) is 0.680. The van der Waals surface area contributed by atoms with E-state index in [9.17, 15) is 4.79 Å². The summed E-state index contributed by atoms with van der Waals surface area (Å²) in [6.45, 7) is 1.25. The Hall–Kier alpha value is -1.39. The maximum atomic E-state index is 11.6. The van der Waals surface area contributed by atoms with Gasteiger partial charge in [-0.15, -0.1) is 0 Å². The fourth-order valence-corrected chi connectivity index (χ4v) is 1.85. The monoisotopic (exact) mass is 220 g/mol. The molecule has 2 rings (SSSR count). The molecule has 1 aromatic rings. The predicted octanol–water partition coefficient (Wildman–Crippen LogP) is 0.591. The first kappa shape index (κ1) is 11.1. The second-order valence-corrected chi connectivity index (χ2v) is 3.89. The Morgan fingerprint density at radius 2 is 2.06 bits per heavy atom. The van der Waals surface area contributed by atoms with Gasteiger partial charge in [0.1, 0.15) is 6.04 Å². The van der Waals surface area contributed by atoms with Gasteiger partial charge in [-0.25, -0.2) is 0 Å². The van der Waals surface area contributed by atoms with Crippen LogP contribution in [0.3, 0.4) is 0 Å². The molecule has 1 heterocycles. The largest absolute Gasteiger partial charge is 0.464 e. The number of nitrogens with two attached hydrogens (primary N) is 1. The molecule has 86 valence electrons. The molecule has 2 atom stereocenters. The van der Waals surface area contributed by atoms with E-state index in [1.807, 2.05) is 30.3 Å². The van der Waals surface area contributed by atoms with Crippen LogP contribution in [-0.4, -0.2) is 25.2 Å². The van der Waals surface area contributed by atoms with Gasteiger partial charge < -0.3 is 15.8 Å². The number of rotatable bonds is 1. The highest BCUT2D eigenvalue weighted by Crippen LogP contribution is 2.17. The van der Waals surface area contributed by atoms with Crippen molar-refractivity contribution < 1.29 is 9.53 Å². The van der Waals surface area contributed by atoms with E-state index >= 15 is 0 Å². The Balaban J connectivity index is 2.19. The molecule has 4 heteroatoms. The maximum Gasteiger partial charge on any atom is 0.324 e. The van der Waals surface area contributed by atoms with Crippen LogP contribution in [0.15, 0.2) is 30.3 Å². The highest BCUT2D eigenvalue weighted by molar-refractivity contribution is 5.76. The van der Waals surface area contributed by atoms with E-state index in [2.05, 4.69) is 5.32 Å². The zero-order valence-electron chi connectivity index (χ0n) is 9.06. The molecule has 3 N–H and O–H groups in total. The Morgan fingerprint density at radius 1 is 1.31 bits per heavy atom. The van der Waals surface area contributed by atoms with Crippen molar-refractivity contribution in [2.24, 2.45) is 5.73 Å². The third kappa shape index (κ3) is 2.40. The number of ether oxygens (including phenoxy) is 1. The first-order chi connectivity index (χ1) is 7.79. The van der Waals surface area contributed by atoms with Gasteiger partial charge in [-0.05, 0) is 18.5 Å². The first-order valence-corrected chi connectivity index (χ1v) is 5.49. The van der Waals surface area contributed by atoms with E-state index in [1.165, 1.54) is 0 Å². The van der Waals surface area contributed by atoms with Gasteiger partial charge in [-0.1, -0.05) is 30.3 Å². The number of cyclic esters (lactones) is 1. The Kier molecular flexibility index (Phi) is 3.54. The van der Waals surface area contributed by atoms with Crippen LogP contribution in [-0.2, 0) is 9.53 Å². The van der Waals surface area contributed by atoms with Gasteiger partial charge in [0.2, 0.25) is 0 Å². The summed E-state index contributed by atoms with van der Waals surface area (Å²) in [5, 5.41) is 3.29. The van der Waals surface area contributed by atoms with Crippen molar-refractivity contribution in [3.8, 4) is 0 Å². The van der Waals surface area contributed by atoms with Crippen molar-refractivity contribution in [2.45, 2.75) is 18.5 Å². The summed E-state index contributed by atoms with van der Waals surface area (Å²) >= 11 is 0. The topological polar surface area (TPSA) is 64.4 Å². The van der Waals surface area contributed by atoms with Crippen LogP contribution < -0.4 is 11.1 Å². The van der Waals surface area contributed by atoms with Gasteiger partial charge in [0, 0.05) is 0 Å². The Labute approximate surface area is 94.8 Å². The lowest BCUT2D eigenvalue weighted by molar-refractivity contribution is -0.146. The average molecular weight is 220 g/mol. The minimum atomic E-state index is -0.636. The summed E-state index contributed by atoms with van der Waals surface area (Å²) in [6, 6.07) is 8.95. The molecule has 0 bridgehead atoms. The van der Waals surface area contributed by atoms with Crippen molar-refractivity contribution in [2.75, 3.05) is 13.2 Å². The minimum absolute atomic E-state index is 0.158. The predicted molar refractivity (Wildman–Crippen MR) is 60.7 cm³/mol. The molecule has 16 heavy (non-hydrogen) atoms. The second-order valence-electron chi connectivity index (χ2n) is 3.89. The zero-order valence-corrected chi connectivity index (χ0v) is 9.06. The number of nitrogens with one attached hydrogen (secondary N) is 1. The smallest absolute Gasteiger partial charge is 0.324 e. The lowest BCUT2D eigenvalue weighted by Gasteiger charge is -2.26. The summed E-state index contributed by atoms with van der Waals surface area (Å²) in [4.78, 5) is 11.6. The molecular formula is C12H16N2O2. The van der Waals surface area contributed by atoms with Crippen LogP contribution in [0.25, 0.3) is 0 Å². The molecule has 0 saturated carbocycles. The van der Waals surface area contributed by atoms with Crippen molar-refractivity contribution >= 4 is 5.97 Å². The Bertz CT molecular complexity index is 353. The van der Waals surface area contributed by atoms with E-state index in [0.29, 0.717) is 6.61 Å². The van der Waals surface area contributed by atoms with Gasteiger partial charge in [-0.2, -0.15) is 0 Å². The van der Waals surface area contributed by atoms with Crippen molar-refractivity contribution in [1.82, 2.24) is 5.32 Å².